The summed E-state index contributed by atoms with van der Waals surface area (Å²) in [5.41, 5.74) is 4.04. The monoisotopic (exact) mass is 269 g/mol. The van der Waals surface area contributed by atoms with Crippen LogP contribution in [0.25, 0.3) is 22.2 Å². The third kappa shape index (κ3) is 2.35. The molecule has 0 radical (unpaired) electrons. The molecule has 0 spiro atoms. The molecule has 0 saturated heterocycles. The molecule has 3 aromatic rings. The first-order valence-corrected chi connectivity index (χ1v) is 6.28. The number of H-pyrrole nitrogens is 1. The van der Waals surface area contributed by atoms with Crippen LogP contribution in [0.5, 0.6) is 5.88 Å². The lowest BCUT2D eigenvalue weighted by atomic mass is 10.1. The average Bonchev–Trinajstić information content (AvgIpc) is 2.89. The molecule has 2 aromatic heterocycles. The van der Waals surface area contributed by atoms with Crippen molar-refractivity contribution in [2.75, 3.05) is 14.2 Å². The van der Waals surface area contributed by atoms with Crippen LogP contribution in [-0.2, 0) is 11.3 Å². The van der Waals surface area contributed by atoms with Gasteiger partial charge in [0.05, 0.1) is 18.1 Å². The Kier molecular flexibility index (Phi) is 3.35. The van der Waals surface area contributed by atoms with Gasteiger partial charge in [0.15, 0.2) is 0 Å². The summed E-state index contributed by atoms with van der Waals surface area (Å²) in [6.07, 6.45) is 1.80. The number of hydrogen-bond donors (Lipinski definition) is 1. The molecule has 1 aromatic carbocycles. The molecule has 0 amide bonds. The van der Waals surface area contributed by atoms with Crippen LogP contribution in [0.1, 0.15) is 5.82 Å². The van der Waals surface area contributed by atoms with Gasteiger partial charge >= 0.3 is 0 Å². The zero-order chi connectivity index (χ0) is 13.9. The highest BCUT2D eigenvalue weighted by atomic mass is 16.5. The zero-order valence-corrected chi connectivity index (χ0v) is 11.4. The minimum absolute atomic E-state index is 0.480. The van der Waals surface area contributed by atoms with Gasteiger partial charge in [0, 0.05) is 24.9 Å². The van der Waals surface area contributed by atoms with E-state index < -0.39 is 0 Å². The zero-order valence-electron chi connectivity index (χ0n) is 11.4. The first kappa shape index (κ1) is 12.6. The molecule has 0 saturated carbocycles. The fourth-order valence-electron chi connectivity index (χ4n) is 2.12. The van der Waals surface area contributed by atoms with Crippen LogP contribution >= 0.6 is 0 Å². The number of aromatic amines is 1. The van der Waals surface area contributed by atoms with E-state index in [0.717, 1.165) is 28.0 Å². The molecular formula is C15H15N3O2. The van der Waals surface area contributed by atoms with Crippen molar-refractivity contribution in [3.63, 3.8) is 0 Å². The van der Waals surface area contributed by atoms with Crippen LogP contribution in [0.15, 0.2) is 36.5 Å². The Hall–Kier alpha value is -2.40. The second kappa shape index (κ2) is 5.30. The van der Waals surface area contributed by atoms with E-state index >= 15 is 0 Å². The Bertz CT molecular complexity index is 720. The molecule has 2 heterocycles. The van der Waals surface area contributed by atoms with Gasteiger partial charge in [-0.1, -0.05) is 6.07 Å². The van der Waals surface area contributed by atoms with Gasteiger partial charge in [-0.25, -0.2) is 9.97 Å². The second-order valence-corrected chi connectivity index (χ2v) is 4.44. The average molecular weight is 269 g/mol. The Balaban J connectivity index is 1.98. The van der Waals surface area contributed by atoms with Crippen LogP contribution in [-0.4, -0.2) is 29.2 Å². The summed E-state index contributed by atoms with van der Waals surface area (Å²) in [7, 11) is 3.26. The van der Waals surface area contributed by atoms with Crippen LogP contribution in [0, 0.1) is 0 Å². The van der Waals surface area contributed by atoms with Crippen molar-refractivity contribution in [3.8, 4) is 17.0 Å². The highest BCUT2D eigenvalue weighted by Crippen LogP contribution is 2.24. The van der Waals surface area contributed by atoms with Gasteiger partial charge in [-0.3, -0.25) is 0 Å². The third-order valence-corrected chi connectivity index (χ3v) is 3.09. The highest BCUT2D eigenvalue weighted by molar-refractivity contribution is 5.81. The van der Waals surface area contributed by atoms with E-state index in [2.05, 4.69) is 21.0 Å². The predicted molar refractivity (Wildman–Crippen MR) is 76.6 cm³/mol. The Labute approximate surface area is 116 Å². The van der Waals surface area contributed by atoms with E-state index in [4.69, 9.17) is 9.47 Å². The number of nitrogens with zero attached hydrogens (tertiary/aromatic N) is 2. The number of fused-ring (bicyclic) bond motifs is 1. The summed E-state index contributed by atoms with van der Waals surface area (Å²) in [4.78, 5) is 11.9. The number of hydrogen-bond acceptors (Lipinski definition) is 4. The lowest BCUT2D eigenvalue weighted by Crippen LogP contribution is -1.88. The van der Waals surface area contributed by atoms with Crippen LogP contribution in [0.3, 0.4) is 0 Å². The highest BCUT2D eigenvalue weighted by Gasteiger charge is 2.05. The molecule has 0 aliphatic rings. The molecule has 3 rings (SSSR count). The largest absolute Gasteiger partial charge is 0.481 e. The number of pyridine rings is 1. The van der Waals surface area contributed by atoms with Crippen molar-refractivity contribution in [2.24, 2.45) is 0 Å². The standard InChI is InChI=1S/C15H15N3O2/c1-19-9-14-17-12-5-3-10(7-13(12)18-14)11-4-6-15(20-2)16-8-11/h3-8H,9H2,1-2H3,(H,17,18). The van der Waals surface area contributed by atoms with Gasteiger partial charge < -0.3 is 14.5 Å². The van der Waals surface area contributed by atoms with Crippen molar-refractivity contribution in [3.05, 3.63) is 42.4 Å². The minimum Gasteiger partial charge on any atom is -0.481 e. The molecule has 0 atom stereocenters. The lowest BCUT2D eigenvalue weighted by Gasteiger charge is -2.02. The Morgan fingerprint density at radius 3 is 2.65 bits per heavy atom. The van der Waals surface area contributed by atoms with E-state index in [1.54, 1.807) is 20.4 Å². The minimum atomic E-state index is 0.480. The smallest absolute Gasteiger partial charge is 0.212 e. The molecule has 5 nitrogen and oxygen atoms in total. The number of imidazole rings is 1. The quantitative estimate of drug-likeness (QED) is 0.791. The van der Waals surface area contributed by atoms with Gasteiger partial charge in [0.1, 0.15) is 12.4 Å². The number of rotatable bonds is 4. The summed E-state index contributed by atoms with van der Waals surface area (Å²) in [5.74, 6) is 1.44. The number of nitrogens with one attached hydrogen (secondary N) is 1. The van der Waals surface area contributed by atoms with Crippen LogP contribution < -0.4 is 4.74 Å². The van der Waals surface area contributed by atoms with E-state index in [0.29, 0.717) is 12.5 Å². The molecule has 5 heteroatoms. The molecular weight excluding hydrogens is 254 g/mol. The number of ether oxygens (including phenoxy) is 2. The normalized spacial score (nSPS) is 10.9. The number of methoxy groups -OCH3 is 2. The van der Waals surface area contributed by atoms with Gasteiger partial charge in [-0.2, -0.15) is 0 Å². The maximum atomic E-state index is 5.08. The summed E-state index contributed by atoms with van der Waals surface area (Å²) < 4.78 is 10.1. The predicted octanol–water partition coefficient (Wildman–Crippen LogP) is 2.78. The van der Waals surface area contributed by atoms with Crippen molar-refractivity contribution in [1.29, 1.82) is 0 Å². The van der Waals surface area contributed by atoms with Crippen molar-refractivity contribution in [2.45, 2.75) is 6.61 Å². The Morgan fingerprint density at radius 2 is 1.95 bits per heavy atom. The summed E-state index contributed by atoms with van der Waals surface area (Å²) in [5, 5.41) is 0. The third-order valence-electron chi connectivity index (χ3n) is 3.09. The van der Waals surface area contributed by atoms with Gasteiger partial charge in [-0.05, 0) is 23.8 Å². The summed E-state index contributed by atoms with van der Waals surface area (Å²) in [6, 6.07) is 9.92. The second-order valence-electron chi connectivity index (χ2n) is 4.44. The first-order valence-electron chi connectivity index (χ1n) is 6.28. The number of benzene rings is 1. The van der Waals surface area contributed by atoms with Crippen LogP contribution in [0.4, 0.5) is 0 Å². The van der Waals surface area contributed by atoms with E-state index in [1.165, 1.54) is 0 Å². The SMILES string of the molecule is COCc1nc2ccc(-c3ccc(OC)nc3)cc2[nH]1. The molecule has 0 aliphatic carbocycles. The molecule has 0 unspecified atom stereocenters. The van der Waals surface area contributed by atoms with Crippen molar-refractivity contribution < 1.29 is 9.47 Å². The van der Waals surface area contributed by atoms with E-state index in [1.807, 2.05) is 24.3 Å². The fraction of sp³-hybridized carbons (Fsp3) is 0.200. The molecule has 1 N–H and O–H groups in total. The maximum Gasteiger partial charge on any atom is 0.212 e. The molecule has 102 valence electrons. The summed E-state index contributed by atoms with van der Waals surface area (Å²) >= 11 is 0. The van der Waals surface area contributed by atoms with Gasteiger partial charge in [0.2, 0.25) is 5.88 Å². The number of aromatic nitrogens is 3. The summed E-state index contributed by atoms with van der Waals surface area (Å²) in [6.45, 7) is 0.480. The fourth-order valence-corrected chi connectivity index (χ4v) is 2.12. The van der Waals surface area contributed by atoms with Crippen LogP contribution in [0.2, 0.25) is 0 Å². The van der Waals surface area contributed by atoms with E-state index in [-0.39, 0.29) is 0 Å². The van der Waals surface area contributed by atoms with Gasteiger partial charge in [0.25, 0.3) is 0 Å². The van der Waals surface area contributed by atoms with Gasteiger partial charge in [-0.15, -0.1) is 0 Å². The molecule has 0 bridgehead atoms. The maximum absolute atomic E-state index is 5.08. The topological polar surface area (TPSA) is 60.0 Å². The Morgan fingerprint density at radius 1 is 1.10 bits per heavy atom. The van der Waals surface area contributed by atoms with Crippen molar-refractivity contribution in [1.82, 2.24) is 15.0 Å². The first-order chi connectivity index (χ1) is 9.80. The lowest BCUT2D eigenvalue weighted by molar-refractivity contribution is 0.179. The molecule has 20 heavy (non-hydrogen) atoms. The van der Waals surface area contributed by atoms with E-state index in [9.17, 15) is 0 Å². The molecule has 0 fully saturated rings. The van der Waals surface area contributed by atoms with Crippen molar-refractivity contribution >= 4 is 11.0 Å². The molecule has 0 aliphatic heterocycles.